The normalized spacial score (nSPS) is 25.3. The third-order valence-electron chi connectivity index (χ3n) is 6.75. The maximum atomic E-state index is 14.5. The van der Waals surface area contributed by atoms with Crippen LogP contribution >= 0.6 is 0 Å². The first-order chi connectivity index (χ1) is 13.1. The highest BCUT2D eigenvalue weighted by molar-refractivity contribution is 5.35. The molecule has 1 aromatic carbocycles. The van der Waals surface area contributed by atoms with Gasteiger partial charge in [0.2, 0.25) is 0 Å². The first kappa shape index (κ1) is 20.5. The van der Waals surface area contributed by atoms with E-state index in [4.69, 9.17) is 0 Å². The van der Waals surface area contributed by atoms with Crippen molar-refractivity contribution in [2.75, 3.05) is 0 Å². The molecular formula is C24H33F3. The van der Waals surface area contributed by atoms with Crippen molar-refractivity contribution in [3.63, 3.8) is 0 Å². The van der Waals surface area contributed by atoms with Crippen molar-refractivity contribution in [3.05, 3.63) is 46.8 Å². The van der Waals surface area contributed by atoms with Crippen LogP contribution in [-0.2, 0) is 0 Å². The largest absolute Gasteiger partial charge is 0.269 e. The maximum Gasteiger partial charge on any atom is 0.269 e. The van der Waals surface area contributed by atoms with Gasteiger partial charge in [-0.05, 0) is 79.0 Å². The van der Waals surface area contributed by atoms with E-state index in [2.05, 4.69) is 6.92 Å². The number of hydrogen-bond donors (Lipinski definition) is 0. The minimum absolute atomic E-state index is 0.0704. The van der Waals surface area contributed by atoms with Crippen LogP contribution in [-0.4, -0.2) is 0 Å². The van der Waals surface area contributed by atoms with Crippen LogP contribution in [0, 0.1) is 11.7 Å². The van der Waals surface area contributed by atoms with Crippen molar-refractivity contribution in [2.45, 2.75) is 95.8 Å². The average Bonchev–Trinajstić information content (AvgIpc) is 2.62. The van der Waals surface area contributed by atoms with Crippen molar-refractivity contribution in [1.82, 2.24) is 0 Å². The summed E-state index contributed by atoms with van der Waals surface area (Å²) in [5, 5.41) is 0. The van der Waals surface area contributed by atoms with Gasteiger partial charge < -0.3 is 0 Å². The first-order valence-corrected chi connectivity index (χ1v) is 10.9. The molecule has 0 amide bonds. The van der Waals surface area contributed by atoms with Gasteiger partial charge in [0.25, 0.3) is 6.08 Å². The lowest BCUT2D eigenvalue weighted by molar-refractivity contribution is 0.301. The molecule has 0 saturated heterocycles. The zero-order valence-electron chi connectivity index (χ0n) is 16.6. The molecule has 0 spiro atoms. The lowest BCUT2D eigenvalue weighted by Crippen LogP contribution is -2.16. The minimum Gasteiger partial charge on any atom is -0.207 e. The summed E-state index contributed by atoms with van der Waals surface area (Å²) in [7, 11) is 0. The predicted molar refractivity (Wildman–Crippen MR) is 106 cm³/mol. The summed E-state index contributed by atoms with van der Waals surface area (Å²) in [5.74, 6) is 1.04. The van der Waals surface area contributed by atoms with Gasteiger partial charge in [-0.15, -0.1) is 0 Å². The number of hydrogen-bond acceptors (Lipinski definition) is 0. The van der Waals surface area contributed by atoms with Crippen LogP contribution in [0.25, 0.3) is 0 Å². The molecule has 150 valence electrons. The molecule has 3 rings (SSSR count). The van der Waals surface area contributed by atoms with Crippen LogP contribution in [0.3, 0.4) is 0 Å². The van der Waals surface area contributed by atoms with Crippen LogP contribution in [0.5, 0.6) is 0 Å². The summed E-state index contributed by atoms with van der Waals surface area (Å²) in [6, 6.07) is 5.57. The summed E-state index contributed by atoms with van der Waals surface area (Å²) < 4.78 is 39.6. The summed E-state index contributed by atoms with van der Waals surface area (Å²) in [4.78, 5) is 0. The predicted octanol–water partition coefficient (Wildman–Crippen LogP) is 8.49. The molecule has 3 heteroatoms. The highest BCUT2D eigenvalue weighted by atomic mass is 19.3. The SMILES string of the molecule is CCCCCCCC1CCC(c2ccc(C3CC(=C(F)F)C3)c(F)c2)CC1. The number of allylic oxidation sites excluding steroid dienone is 1. The fraction of sp³-hybridized carbons (Fsp3) is 0.667. The molecule has 0 N–H and O–H groups in total. The molecule has 2 aliphatic carbocycles. The van der Waals surface area contributed by atoms with E-state index in [-0.39, 0.29) is 17.3 Å². The van der Waals surface area contributed by atoms with Gasteiger partial charge in [-0.1, -0.05) is 57.6 Å². The zero-order chi connectivity index (χ0) is 19.2. The fourth-order valence-electron chi connectivity index (χ4n) is 4.86. The minimum atomic E-state index is -1.58. The Morgan fingerprint density at radius 3 is 2.26 bits per heavy atom. The molecule has 0 bridgehead atoms. The highest BCUT2D eigenvalue weighted by Crippen LogP contribution is 2.45. The van der Waals surface area contributed by atoms with E-state index in [9.17, 15) is 13.2 Å². The third-order valence-corrected chi connectivity index (χ3v) is 6.75. The molecule has 0 unspecified atom stereocenters. The van der Waals surface area contributed by atoms with Gasteiger partial charge >= 0.3 is 0 Å². The summed E-state index contributed by atoms with van der Waals surface area (Å²) in [5.41, 5.74) is 1.91. The van der Waals surface area contributed by atoms with Gasteiger partial charge in [-0.2, -0.15) is 8.78 Å². The Balaban J connectivity index is 1.46. The smallest absolute Gasteiger partial charge is 0.207 e. The fourth-order valence-corrected chi connectivity index (χ4v) is 4.86. The lowest BCUT2D eigenvalue weighted by atomic mass is 9.74. The van der Waals surface area contributed by atoms with Crippen molar-refractivity contribution < 1.29 is 13.2 Å². The summed E-state index contributed by atoms with van der Waals surface area (Å²) >= 11 is 0. The van der Waals surface area contributed by atoms with Gasteiger partial charge in [0, 0.05) is 0 Å². The van der Waals surface area contributed by atoms with Crippen LogP contribution in [0.15, 0.2) is 29.9 Å². The molecular weight excluding hydrogens is 345 g/mol. The number of benzene rings is 1. The van der Waals surface area contributed by atoms with Crippen molar-refractivity contribution in [2.24, 2.45) is 5.92 Å². The van der Waals surface area contributed by atoms with Gasteiger partial charge in [-0.3, -0.25) is 0 Å². The van der Waals surface area contributed by atoms with Crippen molar-refractivity contribution >= 4 is 0 Å². The summed E-state index contributed by atoms with van der Waals surface area (Å²) in [6.45, 7) is 2.25. The van der Waals surface area contributed by atoms with Gasteiger partial charge in [0.05, 0.1) is 0 Å². The van der Waals surface area contributed by atoms with Gasteiger partial charge in [0.1, 0.15) is 5.82 Å². The monoisotopic (exact) mass is 378 g/mol. The molecule has 27 heavy (non-hydrogen) atoms. The molecule has 0 nitrogen and oxygen atoms in total. The zero-order valence-corrected chi connectivity index (χ0v) is 16.6. The number of unbranched alkanes of at least 4 members (excludes halogenated alkanes) is 4. The van der Waals surface area contributed by atoms with Crippen LogP contribution in [0.1, 0.15) is 107 Å². The van der Waals surface area contributed by atoms with Crippen LogP contribution in [0.4, 0.5) is 13.2 Å². The quantitative estimate of drug-likeness (QED) is 0.398. The first-order valence-electron chi connectivity index (χ1n) is 10.9. The molecule has 1 aromatic rings. The highest BCUT2D eigenvalue weighted by Gasteiger charge is 2.31. The third kappa shape index (κ3) is 5.39. The Morgan fingerprint density at radius 1 is 0.926 bits per heavy atom. The number of halogens is 3. The molecule has 0 atom stereocenters. The Kier molecular flexibility index (Phi) is 7.43. The Hall–Kier alpha value is -1.25. The molecule has 0 radical (unpaired) electrons. The van der Waals surface area contributed by atoms with Crippen LogP contribution in [0.2, 0.25) is 0 Å². The second kappa shape index (κ2) is 9.80. The van der Waals surface area contributed by atoms with Gasteiger partial charge in [0.15, 0.2) is 0 Å². The van der Waals surface area contributed by atoms with E-state index in [1.807, 2.05) is 12.1 Å². The van der Waals surface area contributed by atoms with Crippen LogP contribution < -0.4 is 0 Å². The van der Waals surface area contributed by atoms with E-state index in [1.54, 1.807) is 6.07 Å². The summed E-state index contributed by atoms with van der Waals surface area (Å²) in [6.07, 6.45) is 12.0. The van der Waals surface area contributed by atoms with E-state index >= 15 is 0 Å². The van der Waals surface area contributed by atoms with E-state index in [0.717, 1.165) is 24.3 Å². The Bertz CT molecular complexity index is 629. The second-order valence-electron chi connectivity index (χ2n) is 8.67. The van der Waals surface area contributed by atoms with Crippen molar-refractivity contribution in [3.8, 4) is 0 Å². The molecule has 0 heterocycles. The molecule has 2 saturated carbocycles. The lowest BCUT2D eigenvalue weighted by Gasteiger charge is -2.31. The average molecular weight is 379 g/mol. The maximum absolute atomic E-state index is 14.5. The second-order valence-corrected chi connectivity index (χ2v) is 8.67. The Morgan fingerprint density at radius 2 is 1.63 bits per heavy atom. The topological polar surface area (TPSA) is 0 Å². The van der Waals surface area contributed by atoms with E-state index in [0.29, 0.717) is 24.3 Å². The molecule has 2 fully saturated rings. The van der Waals surface area contributed by atoms with E-state index in [1.165, 1.54) is 51.4 Å². The van der Waals surface area contributed by atoms with E-state index < -0.39 is 6.08 Å². The molecule has 2 aliphatic rings. The molecule has 0 aromatic heterocycles. The van der Waals surface area contributed by atoms with Gasteiger partial charge in [-0.25, -0.2) is 4.39 Å². The Labute approximate surface area is 162 Å². The number of rotatable bonds is 8. The standard InChI is InChI=1S/C24H33F3/c1-2-3-4-5-6-7-17-8-10-18(11-9-17)19-12-13-22(23(25)16-19)20-14-21(15-20)24(26)27/h12-13,16-18,20H,2-11,14-15H2,1H3. The molecule has 0 aliphatic heterocycles. The van der Waals surface area contributed by atoms with Crippen molar-refractivity contribution in [1.29, 1.82) is 0 Å².